The molecule has 2 heterocycles. The smallest absolute Gasteiger partial charge is 0.141 e. The highest BCUT2D eigenvalue weighted by atomic mass is 19.1. The number of anilines is 1. The average molecular weight is 413 g/mol. The minimum atomic E-state index is -0.357. The second kappa shape index (κ2) is 8.94. The maximum atomic E-state index is 13.3. The normalized spacial score (nSPS) is 19.6. The van der Waals surface area contributed by atoms with Crippen LogP contribution in [0, 0.1) is 5.82 Å². The first-order valence-corrected chi connectivity index (χ1v) is 9.97. The van der Waals surface area contributed by atoms with Crippen LogP contribution >= 0.6 is 0 Å². The van der Waals surface area contributed by atoms with Gasteiger partial charge in [-0.3, -0.25) is 0 Å². The lowest BCUT2D eigenvalue weighted by Crippen LogP contribution is -2.58. The summed E-state index contributed by atoms with van der Waals surface area (Å²) in [4.78, 5) is 8.57. The van der Waals surface area contributed by atoms with Gasteiger partial charge in [0.05, 0.1) is 11.9 Å². The maximum absolute atomic E-state index is 13.3. The van der Waals surface area contributed by atoms with Crippen molar-refractivity contribution in [2.24, 2.45) is 17.2 Å². The number of para-hydroxylation sites is 1. The summed E-state index contributed by atoms with van der Waals surface area (Å²) in [5.41, 5.74) is 19.8. The van der Waals surface area contributed by atoms with Crippen LogP contribution < -0.4 is 22.1 Å². The molecule has 2 unspecified atom stereocenters. The summed E-state index contributed by atoms with van der Waals surface area (Å²) in [6.07, 6.45) is 3.80. The summed E-state index contributed by atoms with van der Waals surface area (Å²) in [7, 11) is 0. The number of pyridine rings is 1. The zero-order valence-corrected chi connectivity index (χ0v) is 17.3. The van der Waals surface area contributed by atoms with E-state index >= 15 is 0 Å². The lowest BCUT2D eigenvalue weighted by molar-refractivity contribution is 0.239. The molecule has 1 aliphatic rings. The highest BCUT2D eigenvalue weighted by Crippen LogP contribution is 2.29. The van der Waals surface area contributed by atoms with E-state index in [1.54, 1.807) is 36.4 Å². The monoisotopic (exact) mass is 412 g/mol. The molecule has 0 bridgehead atoms. The highest BCUT2D eigenvalue weighted by Gasteiger charge is 2.33. The van der Waals surface area contributed by atoms with Crippen molar-refractivity contribution in [3.05, 3.63) is 71.6 Å². The van der Waals surface area contributed by atoms with Crippen molar-refractivity contribution in [1.82, 2.24) is 9.88 Å². The first-order chi connectivity index (χ1) is 14.3. The molecular formula is C22H29FN6O. The standard InChI is InChI=1S/C22H29FN6O/c1-3-16-13-28(12-14(2)29(16)21-9-8-15(23)11-27-21)19(22(25)26)10-18(24)17-6-4-5-7-20(17)30/h4-11,14,16,30H,3,12-13,24-26H2,1-2H3/b18-10-. The molecule has 7 nitrogen and oxygen atoms in total. The number of halogens is 1. The van der Waals surface area contributed by atoms with Crippen LogP contribution in [0.4, 0.5) is 10.2 Å². The zero-order chi connectivity index (χ0) is 21.8. The lowest BCUT2D eigenvalue weighted by Gasteiger charge is -2.47. The number of allylic oxidation sites excluding steroid dienone is 1. The molecule has 1 aromatic carbocycles. The minimum Gasteiger partial charge on any atom is -0.507 e. The lowest BCUT2D eigenvalue weighted by atomic mass is 10.0. The first kappa shape index (κ1) is 21.3. The van der Waals surface area contributed by atoms with E-state index in [9.17, 15) is 9.50 Å². The molecule has 0 aliphatic carbocycles. The summed E-state index contributed by atoms with van der Waals surface area (Å²) in [6.45, 7) is 5.46. The van der Waals surface area contributed by atoms with Crippen LogP contribution in [0.3, 0.4) is 0 Å². The molecule has 0 saturated carbocycles. The number of aromatic nitrogens is 1. The number of hydrogen-bond acceptors (Lipinski definition) is 7. The van der Waals surface area contributed by atoms with Crippen LogP contribution in [0.5, 0.6) is 5.75 Å². The SMILES string of the molecule is CCC1CN(C(/C=C(\N)c2ccccc2O)=C(N)N)CC(C)N1c1ccc(F)cn1. The van der Waals surface area contributed by atoms with Crippen LogP contribution in [0.1, 0.15) is 25.8 Å². The Morgan fingerprint density at radius 3 is 2.53 bits per heavy atom. The molecule has 8 heteroatoms. The quantitative estimate of drug-likeness (QED) is 0.557. The number of nitrogens with zero attached hydrogens (tertiary/aromatic N) is 3. The third-order valence-electron chi connectivity index (χ3n) is 5.38. The van der Waals surface area contributed by atoms with Crippen LogP contribution in [-0.2, 0) is 0 Å². The van der Waals surface area contributed by atoms with Crippen molar-refractivity contribution in [3.8, 4) is 5.75 Å². The fourth-order valence-corrected chi connectivity index (χ4v) is 3.94. The van der Waals surface area contributed by atoms with Crippen molar-refractivity contribution in [2.45, 2.75) is 32.4 Å². The van der Waals surface area contributed by atoms with E-state index in [1.807, 2.05) is 0 Å². The van der Waals surface area contributed by atoms with Gasteiger partial charge < -0.3 is 32.1 Å². The van der Waals surface area contributed by atoms with Crippen molar-refractivity contribution in [1.29, 1.82) is 0 Å². The number of rotatable bonds is 5. The summed E-state index contributed by atoms with van der Waals surface area (Å²) in [6, 6.07) is 10.2. The topological polar surface area (TPSA) is 118 Å². The summed E-state index contributed by atoms with van der Waals surface area (Å²) in [5.74, 6) is 0.631. The number of aromatic hydroxyl groups is 1. The number of phenolic OH excluding ortho intramolecular Hbond substituents is 1. The molecule has 0 spiro atoms. The van der Waals surface area contributed by atoms with Crippen molar-refractivity contribution in [2.75, 3.05) is 18.0 Å². The highest BCUT2D eigenvalue weighted by molar-refractivity contribution is 5.70. The number of hydrogen-bond donors (Lipinski definition) is 4. The van der Waals surface area contributed by atoms with Crippen LogP contribution in [0.15, 0.2) is 60.2 Å². The van der Waals surface area contributed by atoms with E-state index in [-0.39, 0.29) is 29.5 Å². The zero-order valence-electron chi connectivity index (χ0n) is 17.3. The Bertz CT molecular complexity index is 939. The first-order valence-electron chi connectivity index (χ1n) is 9.97. The molecule has 1 aliphatic heterocycles. The molecule has 1 saturated heterocycles. The van der Waals surface area contributed by atoms with E-state index in [1.165, 1.54) is 12.3 Å². The van der Waals surface area contributed by atoms with Crippen LogP contribution in [0.25, 0.3) is 5.70 Å². The maximum Gasteiger partial charge on any atom is 0.141 e. The Morgan fingerprint density at radius 2 is 1.93 bits per heavy atom. The van der Waals surface area contributed by atoms with Gasteiger partial charge in [0.2, 0.25) is 0 Å². The number of piperazine rings is 1. The molecular weight excluding hydrogens is 383 g/mol. The van der Waals surface area contributed by atoms with E-state index in [0.717, 1.165) is 12.2 Å². The van der Waals surface area contributed by atoms with Crippen LogP contribution in [-0.4, -0.2) is 40.2 Å². The molecule has 3 rings (SSSR count). The van der Waals surface area contributed by atoms with E-state index in [0.29, 0.717) is 30.0 Å². The molecule has 1 fully saturated rings. The Kier molecular flexibility index (Phi) is 6.34. The summed E-state index contributed by atoms with van der Waals surface area (Å²) >= 11 is 0. The number of nitrogens with two attached hydrogens (primary N) is 3. The molecule has 160 valence electrons. The molecule has 2 aromatic rings. The summed E-state index contributed by atoms with van der Waals surface area (Å²) in [5, 5.41) is 10.1. The predicted molar refractivity (Wildman–Crippen MR) is 117 cm³/mol. The van der Waals surface area contributed by atoms with Gasteiger partial charge in [-0.25, -0.2) is 9.37 Å². The van der Waals surface area contributed by atoms with Gasteiger partial charge in [-0.15, -0.1) is 0 Å². The van der Waals surface area contributed by atoms with E-state index in [4.69, 9.17) is 17.2 Å². The molecule has 0 amide bonds. The average Bonchev–Trinajstić information content (AvgIpc) is 2.72. The number of benzene rings is 1. The largest absolute Gasteiger partial charge is 0.507 e. The van der Waals surface area contributed by atoms with Crippen molar-refractivity contribution >= 4 is 11.5 Å². The van der Waals surface area contributed by atoms with Gasteiger partial charge in [0.1, 0.15) is 23.2 Å². The molecule has 2 atom stereocenters. The van der Waals surface area contributed by atoms with Gasteiger partial charge in [0.25, 0.3) is 0 Å². The molecule has 0 radical (unpaired) electrons. The van der Waals surface area contributed by atoms with E-state index in [2.05, 4.69) is 28.6 Å². The fourth-order valence-electron chi connectivity index (χ4n) is 3.94. The van der Waals surface area contributed by atoms with Crippen LogP contribution in [0.2, 0.25) is 0 Å². The van der Waals surface area contributed by atoms with Gasteiger partial charge in [-0.1, -0.05) is 19.1 Å². The van der Waals surface area contributed by atoms with Gasteiger partial charge >= 0.3 is 0 Å². The summed E-state index contributed by atoms with van der Waals surface area (Å²) < 4.78 is 13.3. The predicted octanol–water partition coefficient (Wildman–Crippen LogP) is 2.30. The fraction of sp³-hybridized carbons (Fsp3) is 0.318. The van der Waals surface area contributed by atoms with Gasteiger partial charge in [0.15, 0.2) is 0 Å². The molecule has 1 aromatic heterocycles. The second-order valence-corrected chi connectivity index (χ2v) is 7.52. The Labute approximate surface area is 176 Å². The van der Waals surface area contributed by atoms with Crippen molar-refractivity contribution in [3.63, 3.8) is 0 Å². The number of phenols is 1. The Morgan fingerprint density at radius 1 is 1.20 bits per heavy atom. The van der Waals surface area contributed by atoms with Gasteiger partial charge in [0, 0.05) is 36.4 Å². The third-order valence-corrected chi connectivity index (χ3v) is 5.38. The minimum absolute atomic E-state index is 0.0794. The van der Waals surface area contributed by atoms with Crippen molar-refractivity contribution < 1.29 is 9.50 Å². The Balaban J connectivity index is 1.89. The van der Waals surface area contributed by atoms with E-state index < -0.39 is 0 Å². The molecule has 7 N–H and O–H groups in total. The third kappa shape index (κ3) is 4.42. The molecule has 30 heavy (non-hydrogen) atoms. The van der Waals surface area contributed by atoms with Gasteiger partial charge in [-0.05, 0) is 43.7 Å². The Hall–Kier alpha value is -3.42. The van der Waals surface area contributed by atoms with Gasteiger partial charge in [-0.2, -0.15) is 0 Å². The second-order valence-electron chi connectivity index (χ2n) is 7.52.